The zero-order valence-corrected chi connectivity index (χ0v) is 15.0. The lowest BCUT2D eigenvalue weighted by Gasteiger charge is -2.08. The predicted octanol–water partition coefficient (Wildman–Crippen LogP) is 4.05. The van der Waals surface area contributed by atoms with Crippen molar-refractivity contribution in [1.29, 1.82) is 5.26 Å². The second kappa shape index (κ2) is 7.76. The van der Waals surface area contributed by atoms with Crippen molar-refractivity contribution in [3.8, 4) is 23.2 Å². The Kier molecular flexibility index (Phi) is 5.25. The van der Waals surface area contributed by atoms with Gasteiger partial charge >= 0.3 is 5.97 Å². The Labute approximate surface area is 157 Å². The summed E-state index contributed by atoms with van der Waals surface area (Å²) in [6.45, 7) is 0.326. The summed E-state index contributed by atoms with van der Waals surface area (Å²) < 4.78 is 6.47. The molecule has 6 nitrogen and oxygen atoms in total. The quantitative estimate of drug-likeness (QED) is 0.682. The van der Waals surface area contributed by atoms with Crippen LogP contribution in [0.5, 0.6) is 5.75 Å². The van der Waals surface area contributed by atoms with Gasteiger partial charge < -0.3 is 9.84 Å². The highest BCUT2D eigenvalue weighted by atomic mass is 79.9. The highest BCUT2D eigenvalue weighted by Gasteiger charge is 2.08. The molecule has 0 radical (unpaired) electrons. The van der Waals surface area contributed by atoms with E-state index in [0.717, 1.165) is 10.0 Å². The number of carboxylic acids is 1. The summed E-state index contributed by atoms with van der Waals surface area (Å²) in [5, 5.41) is 18.1. The third-order valence-electron chi connectivity index (χ3n) is 3.54. The van der Waals surface area contributed by atoms with Crippen molar-refractivity contribution in [3.05, 3.63) is 76.0 Å². The minimum absolute atomic E-state index is 0.0566. The largest absolute Gasteiger partial charge is 0.489 e. The van der Waals surface area contributed by atoms with Gasteiger partial charge in [0.1, 0.15) is 18.4 Å². The smallest absolute Gasteiger partial charge is 0.354 e. The van der Waals surface area contributed by atoms with Gasteiger partial charge in [0.05, 0.1) is 5.56 Å². The van der Waals surface area contributed by atoms with E-state index < -0.39 is 5.97 Å². The van der Waals surface area contributed by atoms with Crippen LogP contribution in [0.3, 0.4) is 0 Å². The summed E-state index contributed by atoms with van der Waals surface area (Å²) in [4.78, 5) is 19.1. The number of nitrogens with zero attached hydrogens (tertiary/aromatic N) is 3. The summed E-state index contributed by atoms with van der Waals surface area (Å²) in [6, 6.07) is 16.0. The number of carbonyl (C=O) groups is 1. The molecule has 7 heteroatoms. The number of benzene rings is 2. The maximum Gasteiger partial charge on any atom is 0.354 e. The van der Waals surface area contributed by atoms with E-state index in [9.17, 15) is 4.79 Å². The van der Waals surface area contributed by atoms with Crippen LogP contribution in [0.15, 0.2) is 59.2 Å². The maximum absolute atomic E-state index is 11.0. The molecule has 0 aliphatic heterocycles. The van der Waals surface area contributed by atoms with E-state index in [4.69, 9.17) is 15.1 Å². The summed E-state index contributed by atoms with van der Waals surface area (Å²) in [5.41, 5.74) is 2.07. The maximum atomic E-state index is 11.0. The lowest BCUT2D eigenvalue weighted by atomic mass is 10.1. The first-order valence-corrected chi connectivity index (χ1v) is 8.34. The van der Waals surface area contributed by atoms with E-state index in [1.165, 1.54) is 12.3 Å². The van der Waals surface area contributed by atoms with Crippen LogP contribution < -0.4 is 4.74 Å². The third kappa shape index (κ3) is 4.05. The zero-order chi connectivity index (χ0) is 18.5. The Bertz CT molecular complexity index is 998. The molecule has 0 aliphatic carbocycles. The topological polar surface area (TPSA) is 96.1 Å². The number of carboxylic acid groups (broad SMARTS) is 1. The van der Waals surface area contributed by atoms with Crippen LogP contribution in [0.1, 0.15) is 21.6 Å². The predicted molar refractivity (Wildman–Crippen MR) is 97.6 cm³/mol. The molecule has 2 aromatic carbocycles. The summed E-state index contributed by atoms with van der Waals surface area (Å²) >= 11 is 3.32. The average Bonchev–Trinajstić information content (AvgIpc) is 2.68. The Morgan fingerprint density at radius 2 is 1.96 bits per heavy atom. The van der Waals surface area contributed by atoms with Crippen molar-refractivity contribution in [2.45, 2.75) is 6.61 Å². The van der Waals surface area contributed by atoms with Gasteiger partial charge in [0, 0.05) is 16.2 Å². The molecule has 0 bridgehead atoms. The van der Waals surface area contributed by atoms with Gasteiger partial charge in [-0.1, -0.05) is 6.07 Å². The van der Waals surface area contributed by atoms with Crippen LogP contribution in [0.25, 0.3) is 11.4 Å². The van der Waals surface area contributed by atoms with Gasteiger partial charge in [0.25, 0.3) is 0 Å². The standard InChI is InChI=1S/C19H12BrN3O3/c20-16-6-1-12(9-14(16)10-21)11-26-15-4-2-13(3-5-15)18-22-8-7-17(23-18)19(24)25/h1-9H,11H2,(H,24,25). The van der Waals surface area contributed by atoms with Crippen LogP contribution in [-0.2, 0) is 6.61 Å². The van der Waals surface area contributed by atoms with E-state index in [-0.39, 0.29) is 5.69 Å². The Balaban J connectivity index is 1.71. The lowest BCUT2D eigenvalue weighted by Crippen LogP contribution is -2.02. The van der Waals surface area contributed by atoms with E-state index in [1.807, 2.05) is 12.1 Å². The minimum atomic E-state index is -1.10. The minimum Gasteiger partial charge on any atom is -0.489 e. The first kappa shape index (κ1) is 17.6. The first-order valence-electron chi connectivity index (χ1n) is 7.55. The Morgan fingerprint density at radius 3 is 2.65 bits per heavy atom. The van der Waals surface area contributed by atoms with E-state index in [1.54, 1.807) is 30.3 Å². The molecule has 0 saturated heterocycles. The van der Waals surface area contributed by atoms with E-state index in [0.29, 0.717) is 29.3 Å². The van der Waals surface area contributed by atoms with Crippen molar-refractivity contribution in [2.75, 3.05) is 0 Å². The normalized spacial score (nSPS) is 10.2. The van der Waals surface area contributed by atoms with Crippen molar-refractivity contribution >= 4 is 21.9 Å². The summed E-state index contributed by atoms with van der Waals surface area (Å²) in [5.74, 6) is -0.118. The number of hydrogen-bond acceptors (Lipinski definition) is 5. The molecular formula is C19H12BrN3O3. The number of aromatic carboxylic acids is 1. The molecule has 26 heavy (non-hydrogen) atoms. The molecule has 1 aromatic heterocycles. The summed E-state index contributed by atoms with van der Waals surface area (Å²) in [7, 11) is 0. The Hall–Kier alpha value is -3.24. The second-order valence-electron chi connectivity index (χ2n) is 5.31. The molecule has 0 unspecified atom stereocenters. The molecule has 3 rings (SSSR count). The third-order valence-corrected chi connectivity index (χ3v) is 4.24. The van der Waals surface area contributed by atoms with Crippen LogP contribution in [0, 0.1) is 11.3 Å². The van der Waals surface area contributed by atoms with Crippen LogP contribution in [0.4, 0.5) is 0 Å². The SMILES string of the molecule is N#Cc1cc(COc2ccc(-c3nccc(C(=O)O)n3)cc2)ccc1Br. The molecule has 128 valence electrons. The lowest BCUT2D eigenvalue weighted by molar-refractivity contribution is 0.0690. The highest BCUT2D eigenvalue weighted by Crippen LogP contribution is 2.22. The molecule has 1 N–H and O–H groups in total. The summed E-state index contributed by atoms with van der Waals surface area (Å²) in [6.07, 6.45) is 1.41. The molecule has 0 fully saturated rings. The molecule has 0 atom stereocenters. The fourth-order valence-electron chi connectivity index (χ4n) is 2.23. The number of aromatic nitrogens is 2. The van der Waals surface area contributed by atoms with Gasteiger partial charge in [-0.15, -0.1) is 0 Å². The van der Waals surface area contributed by atoms with Gasteiger partial charge in [-0.25, -0.2) is 14.8 Å². The number of ether oxygens (including phenoxy) is 1. The van der Waals surface area contributed by atoms with Crippen LogP contribution in [0.2, 0.25) is 0 Å². The number of hydrogen-bond donors (Lipinski definition) is 1. The highest BCUT2D eigenvalue weighted by molar-refractivity contribution is 9.10. The van der Waals surface area contributed by atoms with Crippen LogP contribution >= 0.6 is 15.9 Å². The zero-order valence-electron chi connectivity index (χ0n) is 13.4. The van der Waals surface area contributed by atoms with E-state index in [2.05, 4.69) is 32.0 Å². The van der Waals surface area contributed by atoms with Gasteiger partial charge in [-0.2, -0.15) is 5.26 Å². The van der Waals surface area contributed by atoms with E-state index >= 15 is 0 Å². The van der Waals surface area contributed by atoms with Gasteiger partial charge in [0.15, 0.2) is 11.5 Å². The molecular weight excluding hydrogens is 398 g/mol. The second-order valence-corrected chi connectivity index (χ2v) is 6.16. The molecule has 0 amide bonds. The fraction of sp³-hybridized carbons (Fsp3) is 0.0526. The molecule has 0 saturated carbocycles. The molecule has 1 heterocycles. The average molecular weight is 410 g/mol. The van der Waals surface area contributed by atoms with Crippen molar-refractivity contribution in [1.82, 2.24) is 9.97 Å². The number of nitriles is 1. The van der Waals surface area contributed by atoms with Gasteiger partial charge in [-0.05, 0) is 64.0 Å². The molecule has 3 aromatic rings. The molecule has 0 spiro atoms. The fourth-order valence-corrected chi connectivity index (χ4v) is 2.57. The van der Waals surface area contributed by atoms with Crippen LogP contribution in [-0.4, -0.2) is 21.0 Å². The van der Waals surface area contributed by atoms with Gasteiger partial charge in [-0.3, -0.25) is 0 Å². The number of halogens is 1. The van der Waals surface area contributed by atoms with Crippen molar-refractivity contribution < 1.29 is 14.6 Å². The van der Waals surface area contributed by atoms with Crippen molar-refractivity contribution in [2.24, 2.45) is 0 Å². The number of rotatable bonds is 5. The van der Waals surface area contributed by atoms with Crippen molar-refractivity contribution in [3.63, 3.8) is 0 Å². The molecule has 0 aliphatic rings. The Morgan fingerprint density at radius 1 is 1.19 bits per heavy atom. The first-order chi connectivity index (χ1) is 12.6. The monoisotopic (exact) mass is 409 g/mol. The van der Waals surface area contributed by atoms with Gasteiger partial charge in [0.2, 0.25) is 0 Å².